The molecular weight excluding hydrogens is 311 g/mol. The second kappa shape index (κ2) is 6.47. The number of nitrogens with zero attached hydrogens (tertiary/aromatic N) is 1. The Hall–Kier alpha value is -2.90. The lowest BCUT2D eigenvalue weighted by Gasteiger charge is -2.10. The van der Waals surface area contributed by atoms with Crippen molar-refractivity contribution in [2.24, 2.45) is 5.73 Å². The Morgan fingerprint density at radius 1 is 1.17 bits per heavy atom. The van der Waals surface area contributed by atoms with E-state index in [0.717, 1.165) is 6.07 Å². The molecule has 0 unspecified atom stereocenters. The molecule has 2 rings (SSSR count). The average Bonchev–Trinajstić information content (AvgIpc) is 2.54. The number of amides is 2. The van der Waals surface area contributed by atoms with Gasteiger partial charge < -0.3 is 11.1 Å². The van der Waals surface area contributed by atoms with Crippen LogP contribution in [0.2, 0.25) is 0 Å². The van der Waals surface area contributed by atoms with Crippen molar-refractivity contribution in [3.05, 3.63) is 59.7 Å². The molecule has 1 atom stereocenters. The number of hydrogen-bond donors (Lipinski definition) is 2. The van der Waals surface area contributed by atoms with Gasteiger partial charge in [0.15, 0.2) is 29.8 Å². The number of nitrogens with two attached hydrogens (primary N) is 1. The number of pyridine rings is 1. The van der Waals surface area contributed by atoms with Gasteiger partial charge in [0.1, 0.15) is 5.56 Å². The molecule has 1 heterocycles. The third kappa shape index (κ3) is 3.47. The van der Waals surface area contributed by atoms with Gasteiger partial charge in [0.25, 0.3) is 11.8 Å². The molecule has 0 aliphatic carbocycles. The number of anilines is 1. The molecule has 0 spiro atoms. The summed E-state index contributed by atoms with van der Waals surface area (Å²) < 4.78 is 41.0. The van der Waals surface area contributed by atoms with Crippen LogP contribution in [0.1, 0.15) is 23.3 Å². The molecular formula is C15H13F3N3O2+. The van der Waals surface area contributed by atoms with Gasteiger partial charge in [-0.3, -0.25) is 9.59 Å². The van der Waals surface area contributed by atoms with Crippen molar-refractivity contribution in [1.82, 2.24) is 0 Å². The minimum absolute atomic E-state index is 0.186. The number of primary amides is 1. The molecule has 0 aliphatic rings. The summed E-state index contributed by atoms with van der Waals surface area (Å²) in [6.45, 7) is 1.48. The highest BCUT2D eigenvalue weighted by atomic mass is 19.2. The number of carbonyl (C=O) groups excluding carboxylic acids is 2. The van der Waals surface area contributed by atoms with Crippen molar-refractivity contribution in [3.63, 3.8) is 0 Å². The molecule has 0 radical (unpaired) electrons. The van der Waals surface area contributed by atoms with E-state index in [4.69, 9.17) is 5.73 Å². The summed E-state index contributed by atoms with van der Waals surface area (Å²) in [6.07, 6.45) is 2.87. The second-order valence-corrected chi connectivity index (χ2v) is 4.79. The number of aromatic nitrogens is 1. The lowest BCUT2D eigenvalue weighted by atomic mass is 10.2. The van der Waals surface area contributed by atoms with Gasteiger partial charge in [-0.05, 0) is 18.2 Å². The van der Waals surface area contributed by atoms with Crippen molar-refractivity contribution < 1.29 is 27.3 Å². The minimum atomic E-state index is -1.67. The monoisotopic (exact) mass is 324 g/mol. The van der Waals surface area contributed by atoms with Crippen LogP contribution in [-0.2, 0) is 4.79 Å². The SMILES string of the molecule is C[C@H](C(=O)Nc1ccc(F)c(F)c1F)[n+]1cccc(C(N)=O)c1. The Balaban J connectivity index is 2.22. The molecule has 0 aliphatic heterocycles. The van der Waals surface area contributed by atoms with Crippen molar-refractivity contribution in [3.8, 4) is 0 Å². The van der Waals surface area contributed by atoms with Gasteiger partial charge in [-0.2, -0.15) is 4.57 Å². The number of hydrogen-bond acceptors (Lipinski definition) is 2. The number of nitrogens with one attached hydrogen (secondary N) is 1. The van der Waals surface area contributed by atoms with E-state index in [2.05, 4.69) is 5.32 Å². The predicted octanol–water partition coefficient (Wildman–Crippen LogP) is 1.69. The predicted molar refractivity (Wildman–Crippen MR) is 74.8 cm³/mol. The Labute approximate surface area is 129 Å². The van der Waals surface area contributed by atoms with Gasteiger partial charge in [-0.1, -0.05) is 0 Å². The van der Waals surface area contributed by atoms with Crippen molar-refractivity contribution in [1.29, 1.82) is 0 Å². The van der Waals surface area contributed by atoms with Crippen LogP contribution in [0.25, 0.3) is 0 Å². The Morgan fingerprint density at radius 3 is 2.52 bits per heavy atom. The Morgan fingerprint density at radius 2 is 1.87 bits per heavy atom. The minimum Gasteiger partial charge on any atom is -0.365 e. The summed E-state index contributed by atoms with van der Waals surface area (Å²) in [4.78, 5) is 23.2. The van der Waals surface area contributed by atoms with E-state index >= 15 is 0 Å². The number of rotatable bonds is 4. The van der Waals surface area contributed by atoms with E-state index in [1.54, 1.807) is 0 Å². The number of halogens is 3. The first-order chi connectivity index (χ1) is 10.8. The van der Waals surface area contributed by atoms with Gasteiger partial charge in [0.05, 0.1) is 5.69 Å². The molecule has 1 aromatic heterocycles. The summed E-state index contributed by atoms with van der Waals surface area (Å²) in [5, 5.41) is 2.17. The molecule has 23 heavy (non-hydrogen) atoms. The molecule has 5 nitrogen and oxygen atoms in total. The Bertz CT molecular complexity index is 781. The first-order valence-electron chi connectivity index (χ1n) is 6.56. The topological polar surface area (TPSA) is 76.1 Å². The average molecular weight is 324 g/mol. The summed E-state index contributed by atoms with van der Waals surface area (Å²) in [5.41, 5.74) is 4.86. The summed E-state index contributed by atoms with van der Waals surface area (Å²) in [7, 11) is 0. The van der Waals surface area contributed by atoms with Crippen LogP contribution in [0.5, 0.6) is 0 Å². The van der Waals surface area contributed by atoms with Gasteiger partial charge in [-0.25, -0.2) is 13.2 Å². The van der Waals surface area contributed by atoms with E-state index in [1.165, 1.54) is 36.0 Å². The number of carbonyl (C=O) groups is 2. The van der Waals surface area contributed by atoms with Gasteiger partial charge in [0, 0.05) is 13.0 Å². The third-order valence-corrected chi connectivity index (χ3v) is 3.23. The Kier molecular flexibility index (Phi) is 4.63. The van der Waals surface area contributed by atoms with Crippen LogP contribution < -0.4 is 15.6 Å². The van der Waals surface area contributed by atoms with Crippen LogP contribution in [0.15, 0.2) is 36.7 Å². The van der Waals surface area contributed by atoms with Crippen LogP contribution >= 0.6 is 0 Å². The molecule has 0 fully saturated rings. The van der Waals surface area contributed by atoms with E-state index in [9.17, 15) is 22.8 Å². The van der Waals surface area contributed by atoms with E-state index in [1.807, 2.05) is 0 Å². The molecule has 120 valence electrons. The van der Waals surface area contributed by atoms with Gasteiger partial charge in [-0.15, -0.1) is 0 Å². The van der Waals surface area contributed by atoms with E-state index in [-0.39, 0.29) is 5.56 Å². The fraction of sp³-hybridized carbons (Fsp3) is 0.133. The fourth-order valence-electron chi connectivity index (χ4n) is 1.87. The largest absolute Gasteiger partial charge is 0.365 e. The zero-order chi connectivity index (χ0) is 17.1. The standard InChI is InChI=1S/C15H12F3N3O2/c1-8(21-6-2-3-9(7-21)14(19)22)15(23)20-11-5-4-10(16)12(17)13(11)18/h2-8H,1H3,(H2-,19,20,22,23)/p+1/t8-/m1/s1. The van der Waals surface area contributed by atoms with Crippen molar-refractivity contribution in [2.75, 3.05) is 5.32 Å². The summed E-state index contributed by atoms with van der Waals surface area (Å²) in [5.74, 6) is -5.85. The first kappa shape index (κ1) is 16.5. The quantitative estimate of drug-likeness (QED) is 0.663. The zero-order valence-corrected chi connectivity index (χ0v) is 12.0. The highest BCUT2D eigenvalue weighted by Gasteiger charge is 2.25. The highest BCUT2D eigenvalue weighted by molar-refractivity contribution is 5.93. The number of benzene rings is 1. The molecule has 3 N–H and O–H groups in total. The first-order valence-corrected chi connectivity index (χ1v) is 6.56. The molecule has 8 heteroatoms. The maximum atomic E-state index is 13.6. The zero-order valence-electron chi connectivity index (χ0n) is 12.0. The molecule has 0 bridgehead atoms. The van der Waals surface area contributed by atoms with Crippen molar-refractivity contribution in [2.45, 2.75) is 13.0 Å². The maximum absolute atomic E-state index is 13.6. The third-order valence-electron chi connectivity index (χ3n) is 3.23. The molecule has 1 aromatic carbocycles. The second-order valence-electron chi connectivity index (χ2n) is 4.79. The van der Waals surface area contributed by atoms with Crippen LogP contribution in [-0.4, -0.2) is 11.8 Å². The highest BCUT2D eigenvalue weighted by Crippen LogP contribution is 2.20. The molecule has 2 aromatic rings. The van der Waals surface area contributed by atoms with Crippen LogP contribution in [0, 0.1) is 17.5 Å². The molecule has 2 amide bonds. The normalized spacial score (nSPS) is 11.8. The van der Waals surface area contributed by atoms with Crippen LogP contribution in [0.3, 0.4) is 0 Å². The molecule has 0 saturated carbocycles. The summed E-state index contributed by atoms with van der Waals surface area (Å²) >= 11 is 0. The fourth-order valence-corrected chi connectivity index (χ4v) is 1.87. The van der Waals surface area contributed by atoms with Crippen molar-refractivity contribution >= 4 is 17.5 Å². The van der Waals surface area contributed by atoms with E-state index < -0.39 is 41.0 Å². The smallest absolute Gasteiger partial charge is 0.293 e. The van der Waals surface area contributed by atoms with Gasteiger partial charge >= 0.3 is 0 Å². The van der Waals surface area contributed by atoms with E-state index in [0.29, 0.717) is 6.07 Å². The van der Waals surface area contributed by atoms with Crippen LogP contribution in [0.4, 0.5) is 18.9 Å². The summed E-state index contributed by atoms with van der Waals surface area (Å²) in [6, 6.07) is 3.77. The molecule has 0 saturated heterocycles. The lowest BCUT2D eigenvalue weighted by Crippen LogP contribution is -2.44. The lowest BCUT2D eigenvalue weighted by molar-refractivity contribution is -0.705. The van der Waals surface area contributed by atoms with Gasteiger partial charge in [0.2, 0.25) is 6.04 Å². The maximum Gasteiger partial charge on any atom is 0.293 e.